The summed E-state index contributed by atoms with van der Waals surface area (Å²) in [5, 5.41) is 18.0. The van der Waals surface area contributed by atoms with Gasteiger partial charge in [0.15, 0.2) is 0 Å². The Hall–Kier alpha value is -2.82. The molecule has 0 aromatic carbocycles. The van der Waals surface area contributed by atoms with Gasteiger partial charge in [-0.2, -0.15) is 57.1 Å². The summed E-state index contributed by atoms with van der Waals surface area (Å²) in [4.78, 5) is 37.0. The molecule has 70 heavy (non-hydrogen) atoms. The summed E-state index contributed by atoms with van der Waals surface area (Å²) in [6, 6.07) is 0. The van der Waals surface area contributed by atoms with Crippen molar-refractivity contribution < 1.29 is 124 Å². The van der Waals surface area contributed by atoms with Crippen molar-refractivity contribution in [2.45, 2.75) is 127 Å². The van der Waals surface area contributed by atoms with Gasteiger partial charge in [-0.3, -0.25) is 14.4 Å². The number of carboxylic acid groups (broad SMARTS) is 1. The number of carbonyl (C=O) groups is 3. The van der Waals surface area contributed by atoms with E-state index >= 15 is 0 Å². The van der Waals surface area contributed by atoms with E-state index in [1.807, 2.05) is 0 Å². The highest BCUT2D eigenvalue weighted by Crippen LogP contribution is 2.60. The van der Waals surface area contributed by atoms with Gasteiger partial charge in [0.1, 0.15) is 0 Å². The van der Waals surface area contributed by atoms with Crippen molar-refractivity contribution in [1.29, 1.82) is 0 Å². The Bertz CT molecular complexity index is 1400. The van der Waals surface area contributed by atoms with Gasteiger partial charge in [-0.25, -0.2) is 0 Å². The number of aliphatic hydroxyl groups excluding tert-OH is 1. The fraction of sp³-hybridized carbons (Fsp3) is 0.930. The number of hydrogen-bond acceptors (Lipinski definition) is 13. The third kappa shape index (κ3) is 24.7. The van der Waals surface area contributed by atoms with Crippen LogP contribution in [0.1, 0.15) is 90.9 Å². The fourth-order valence-corrected chi connectivity index (χ4v) is 5.86. The maximum atomic E-state index is 14.2. The molecule has 0 fully saturated rings. The highest BCUT2D eigenvalue weighted by molar-refractivity contribution is 5.77. The van der Waals surface area contributed by atoms with Crippen LogP contribution in [0.5, 0.6) is 0 Å². The molecule has 0 aromatic rings. The Morgan fingerprint density at radius 3 is 1.07 bits per heavy atom. The van der Waals surface area contributed by atoms with Crippen molar-refractivity contribution in [3.63, 3.8) is 0 Å². The molecule has 3 atom stereocenters. The van der Waals surface area contributed by atoms with Crippen LogP contribution < -0.4 is 0 Å². The van der Waals surface area contributed by atoms with Crippen molar-refractivity contribution >= 4 is 17.9 Å². The number of alkyl halides is 13. The van der Waals surface area contributed by atoms with E-state index in [9.17, 15) is 76.6 Å². The molecule has 0 aliphatic heterocycles. The Kier molecular flexibility index (Phi) is 33.9. The van der Waals surface area contributed by atoms with Gasteiger partial charge in [-0.1, -0.05) is 13.8 Å². The minimum absolute atomic E-state index is 0.124. The van der Waals surface area contributed by atoms with Crippen LogP contribution in [0.4, 0.5) is 57.1 Å². The number of aliphatic carboxylic acids is 1. The largest absolute Gasteiger partial charge is 0.481 e. The molecule has 3 unspecified atom stereocenters. The minimum Gasteiger partial charge on any atom is -0.481 e. The van der Waals surface area contributed by atoms with Gasteiger partial charge in [0.05, 0.1) is 37.4 Å². The summed E-state index contributed by atoms with van der Waals surface area (Å²) >= 11 is 0. The summed E-state index contributed by atoms with van der Waals surface area (Å²) in [6.45, 7) is 7.50. The number of aliphatic hydroxyl groups is 1. The van der Waals surface area contributed by atoms with Gasteiger partial charge in [-0.05, 0) is 64.2 Å². The van der Waals surface area contributed by atoms with Crippen LogP contribution in [0.3, 0.4) is 0 Å². The van der Waals surface area contributed by atoms with Crippen molar-refractivity contribution in [3.05, 3.63) is 0 Å². The lowest BCUT2D eigenvalue weighted by Gasteiger charge is -2.39. The van der Waals surface area contributed by atoms with Gasteiger partial charge in [0.25, 0.3) is 0 Å². The number of hydrogen-bond donors (Lipinski definition) is 2. The van der Waals surface area contributed by atoms with Crippen LogP contribution >= 0.6 is 0 Å². The van der Waals surface area contributed by atoms with E-state index in [0.29, 0.717) is 105 Å². The lowest BCUT2D eigenvalue weighted by atomic mass is 9.86. The van der Waals surface area contributed by atoms with Crippen LogP contribution in [0, 0.1) is 17.8 Å². The molecule has 0 heterocycles. The lowest BCUT2D eigenvalue weighted by Crippen LogP contribution is -2.70. The van der Waals surface area contributed by atoms with Crippen molar-refractivity contribution in [2.75, 3.05) is 112 Å². The smallest absolute Gasteiger partial charge is 0.460 e. The number of halogens is 13. The van der Waals surface area contributed by atoms with Crippen LogP contribution in [-0.2, 0) is 57.0 Å². The van der Waals surface area contributed by atoms with E-state index in [-0.39, 0.29) is 32.7 Å². The Morgan fingerprint density at radius 2 is 0.743 bits per heavy atom. The first-order valence-electron chi connectivity index (χ1n) is 22.9. The zero-order chi connectivity index (χ0) is 53.3. The Morgan fingerprint density at radius 1 is 0.429 bits per heavy atom. The van der Waals surface area contributed by atoms with Gasteiger partial charge in [-0.15, -0.1) is 0 Å². The van der Waals surface area contributed by atoms with E-state index in [1.54, 1.807) is 0 Å². The van der Waals surface area contributed by atoms with E-state index < -0.39 is 97.3 Å². The fourth-order valence-electron chi connectivity index (χ4n) is 5.86. The van der Waals surface area contributed by atoms with E-state index in [0.717, 1.165) is 25.7 Å². The molecule has 0 aliphatic rings. The monoisotopic (exact) mass is 1060 g/mol. The van der Waals surface area contributed by atoms with Crippen molar-refractivity contribution in [1.82, 2.24) is 0 Å². The van der Waals surface area contributed by atoms with Gasteiger partial charge < -0.3 is 52.8 Å². The average Bonchev–Trinajstić information content (AvgIpc) is 3.28. The molecule has 0 rings (SSSR count). The molecule has 0 aliphatic carbocycles. The molecule has 27 heteroatoms. The quantitative estimate of drug-likeness (QED) is 0.0337. The molecule has 0 amide bonds. The Labute approximate surface area is 398 Å². The molecular weight excluding hydrogens is 987 g/mol. The number of rotatable bonds is 46. The van der Waals surface area contributed by atoms with Crippen molar-refractivity contribution in [2.24, 2.45) is 17.8 Å². The van der Waals surface area contributed by atoms with Crippen LogP contribution in [-0.4, -0.2) is 176 Å². The molecule has 0 saturated heterocycles. The second-order valence-corrected chi connectivity index (χ2v) is 15.9. The zero-order valence-corrected chi connectivity index (χ0v) is 39.4. The number of carbonyl (C=O) groups excluding carboxylic acids is 2. The summed E-state index contributed by atoms with van der Waals surface area (Å²) in [5.74, 6) is -45.9. The first-order valence-corrected chi connectivity index (χ1v) is 22.9. The van der Waals surface area contributed by atoms with Crippen LogP contribution in [0.15, 0.2) is 0 Å². The molecular formula is C43H69F13O14. The van der Waals surface area contributed by atoms with E-state index in [2.05, 4.69) is 4.74 Å². The summed E-state index contributed by atoms with van der Waals surface area (Å²) in [5.41, 5.74) is 0. The highest BCUT2D eigenvalue weighted by Gasteiger charge is 2.90. The van der Waals surface area contributed by atoms with Gasteiger partial charge in [0.2, 0.25) is 0 Å². The number of ether oxygens (including phenoxy) is 9. The summed E-state index contributed by atoms with van der Waals surface area (Å²) in [6.07, 6.45) is -6.45. The summed E-state index contributed by atoms with van der Waals surface area (Å²) in [7, 11) is 0. The predicted octanol–water partition coefficient (Wildman–Crippen LogP) is 8.57. The maximum Gasteiger partial charge on any atom is 0.460 e. The molecule has 0 spiro atoms. The number of carboxylic acids is 1. The van der Waals surface area contributed by atoms with Gasteiger partial charge in [0, 0.05) is 106 Å². The van der Waals surface area contributed by atoms with E-state index in [1.165, 1.54) is 13.8 Å². The van der Waals surface area contributed by atoms with Crippen LogP contribution in [0.2, 0.25) is 0 Å². The Balaban J connectivity index is 4.38. The first-order chi connectivity index (χ1) is 32.8. The molecule has 14 nitrogen and oxygen atoms in total. The minimum atomic E-state index is -8.07. The highest BCUT2D eigenvalue weighted by atomic mass is 19.4. The molecule has 416 valence electrons. The number of esters is 2. The summed E-state index contributed by atoms with van der Waals surface area (Å²) < 4.78 is 222. The van der Waals surface area contributed by atoms with Crippen LogP contribution in [0.25, 0.3) is 0 Å². The average molecular weight is 1060 g/mol. The molecule has 0 radical (unpaired) electrons. The molecule has 0 saturated carbocycles. The zero-order valence-electron chi connectivity index (χ0n) is 39.4. The van der Waals surface area contributed by atoms with Gasteiger partial charge >= 0.3 is 53.7 Å². The molecule has 2 N–H and O–H groups in total. The third-order valence-electron chi connectivity index (χ3n) is 10.0. The first kappa shape index (κ1) is 67.2. The maximum absolute atomic E-state index is 14.2. The molecule has 0 aromatic heterocycles. The topological polar surface area (TPSA) is 175 Å². The second kappa shape index (κ2) is 35.4. The normalized spacial score (nSPS) is 14.4. The third-order valence-corrected chi connectivity index (χ3v) is 10.0. The van der Waals surface area contributed by atoms with E-state index in [4.69, 9.17) is 43.0 Å². The standard InChI is InChI=1S/C43H69F13O14/c1-3-33(36(60)70-29-12-38(44,45)39(46,47)40(48,49)41(50,51)42(52,53)43(54,55)56)31-34(30-32(2)35(58)59)37(61)69-28-11-27-68-26-10-25-67-24-9-23-66-22-8-21-65-20-7-19-64-18-6-17-63-16-5-15-62-14-4-13-57/h32-34,57H,3-31H2,1-2H3,(H,58,59). The molecule has 0 bridgehead atoms. The SMILES string of the molecule is CCC(CC(CC(C)C(=O)O)C(=O)OCCCOCCCOCCCOCCCOCCCOCCCOCCCOCCCO)C(=O)OCCC(F)(F)C(F)(F)C(F)(F)C(F)(F)C(F)(F)C(F)(F)F. The van der Waals surface area contributed by atoms with Crippen molar-refractivity contribution in [3.8, 4) is 0 Å². The lowest BCUT2D eigenvalue weighted by molar-refractivity contribution is -0.440. The second-order valence-electron chi connectivity index (χ2n) is 15.9. The predicted molar refractivity (Wildman–Crippen MR) is 220 cm³/mol.